The summed E-state index contributed by atoms with van der Waals surface area (Å²) < 4.78 is 5.88. The molecule has 0 spiro atoms. The predicted molar refractivity (Wildman–Crippen MR) is 103 cm³/mol. The Morgan fingerprint density at radius 1 is 1.20 bits per heavy atom. The van der Waals surface area contributed by atoms with Crippen molar-refractivity contribution in [2.75, 3.05) is 13.2 Å². The lowest BCUT2D eigenvalue weighted by atomic mass is 10.1. The van der Waals surface area contributed by atoms with Crippen LogP contribution in [0.3, 0.4) is 0 Å². The van der Waals surface area contributed by atoms with Crippen molar-refractivity contribution in [3.63, 3.8) is 0 Å². The Balaban J connectivity index is 1.81. The van der Waals surface area contributed by atoms with Crippen LogP contribution in [0.25, 0.3) is 0 Å². The molecule has 0 amide bonds. The van der Waals surface area contributed by atoms with E-state index in [1.165, 1.54) is 0 Å². The Morgan fingerprint density at radius 2 is 2.00 bits per heavy atom. The van der Waals surface area contributed by atoms with E-state index in [1.54, 1.807) is 6.20 Å². The van der Waals surface area contributed by atoms with Gasteiger partial charge in [0.05, 0.1) is 13.2 Å². The Kier molecular flexibility index (Phi) is 7.76. The largest absolute Gasteiger partial charge is 0.493 e. The highest BCUT2D eigenvalue weighted by molar-refractivity contribution is 5.77. The summed E-state index contributed by atoms with van der Waals surface area (Å²) in [6.45, 7) is 6.31. The van der Waals surface area contributed by atoms with E-state index in [-0.39, 0.29) is 0 Å². The molecule has 0 atom stereocenters. The van der Waals surface area contributed by atoms with Gasteiger partial charge < -0.3 is 15.8 Å². The Labute approximate surface area is 150 Å². The molecule has 0 aliphatic heterocycles. The van der Waals surface area contributed by atoms with Crippen molar-refractivity contribution in [1.29, 1.82) is 0 Å². The van der Waals surface area contributed by atoms with Crippen molar-refractivity contribution in [1.82, 2.24) is 10.3 Å². The minimum absolute atomic E-state index is 0.438. The van der Waals surface area contributed by atoms with Gasteiger partial charge in [0.25, 0.3) is 0 Å². The first-order chi connectivity index (χ1) is 12.1. The van der Waals surface area contributed by atoms with Gasteiger partial charge in [0.15, 0.2) is 5.96 Å². The highest BCUT2D eigenvalue weighted by Crippen LogP contribution is 2.19. The number of nitrogens with two attached hydrogens (primary N) is 1. The summed E-state index contributed by atoms with van der Waals surface area (Å²) in [5.41, 5.74) is 8.03. The number of nitrogens with zero attached hydrogens (tertiary/aromatic N) is 2. The summed E-state index contributed by atoms with van der Waals surface area (Å²) in [5.74, 6) is 1.95. The first-order valence-electron chi connectivity index (χ1n) is 8.79. The summed E-state index contributed by atoms with van der Waals surface area (Å²) in [5, 5.41) is 3.13. The predicted octanol–water partition coefficient (Wildman–Crippen LogP) is 3.15. The van der Waals surface area contributed by atoms with Gasteiger partial charge in [0.2, 0.25) is 0 Å². The van der Waals surface area contributed by atoms with Crippen molar-refractivity contribution < 1.29 is 4.74 Å². The molecule has 0 aliphatic carbocycles. The summed E-state index contributed by atoms with van der Waals surface area (Å²) in [6.07, 6.45) is 3.64. The molecule has 0 unspecified atom stereocenters. The van der Waals surface area contributed by atoms with Crippen LogP contribution in [0.4, 0.5) is 0 Å². The number of nitrogens with one attached hydrogen (secondary N) is 1. The molecule has 3 N–H and O–H groups in total. The molecule has 1 heterocycles. The number of aromatic nitrogens is 1. The fraction of sp³-hybridized carbons (Fsp3) is 0.400. The van der Waals surface area contributed by atoms with Crippen LogP contribution >= 0.6 is 0 Å². The lowest BCUT2D eigenvalue weighted by Crippen LogP contribution is -2.33. The van der Waals surface area contributed by atoms with E-state index >= 15 is 0 Å². The van der Waals surface area contributed by atoms with Crippen LogP contribution in [-0.4, -0.2) is 24.1 Å². The second-order valence-electron chi connectivity index (χ2n) is 6.34. The number of para-hydroxylation sites is 1. The van der Waals surface area contributed by atoms with Crippen LogP contribution in [-0.2, 0) is 13.0 Å². The number of pyridine rings is 1. The normalized spacial score (nSPS) is 11.6. The number of rotatable bonds is 9. The first-order valence-corrected chi connectivity index (χ1v) is 8.79. The monoisotopic (exact) mass is 340 g/mol. The van der Waals surface area contributed by atoms with Gasteiger partial charge in [-0.2, -0.15) is 0 Å². The lowest BCUT2D eigenvalue weighted by molar-refractivity contribution is 0.287. The third-order valence-corrected chi connectivity index (χ3v) is 3.76. The molecule has 0 fully saturated rings. The van der Waals surface area contributed by atoms with Gasteiger partial charge in [0.1, 0.15) is 5.75 Å². The number of aliphatic imine (C=N–C) groups is 1. The van der Waals surface area contributed by atoms with Crippen LogP contribution < -0.4 is 15.8 Å². The van der Waals surface area contributed by atoms with E-state index in [4.69, 9.17) is 10.5 Å². The summed E-state index contributed by atoms with van der Waals surface area (Å²) in [6, 6.07) is 13.9. The van der Waals surface area contributed by atoms with Gasteiger partial charge in [-0.25, -0.2) is 4.99 Å². The lowest BCUT2D eigenvalue weighted by Gasteiger charge is -2.12. The molecule has 1 aromatic carbocycles. The topological polar surface area (TPSA) is 72.5 Å². The second-order valence-corrected chi connectivity index (χ2v) is 6.34. The molecule has 5 heteroatoms. The average Bonchev–Trinajstić information content (AvgIpc) is 2.61. The third-order valence-electron chi connectivity index (χ3n) is 3.76. The van der Waals surface area contributed by atoms with Crippen LogP contribution in [0.1, 0.15) is 31.5 Å². The molecular formula is C20H28N4O. The van der Waals surface area contributed by atoms with E-state index in [0.717, 1.165) is 36.5 Å². The standard InChI is InChI=1S/C20H28N4O/c1-16(2)11-14-25-19-9-4-3-7-17(19)15-24-20(21)23-13-10-18-8-5-6-12-22-18/h3-9,12,16H,10-11,13-15H2,1-2H3,(H3,21,23,24). The molecule has 134 valence electrons. The fourth-order valence-corrected chi connectivity index (χ4v) is 2.27. The summed E-state index contributed by atoms with van der Waals surface area (Å²) in [4.78, 5) is 8.70. The average molecular weight is 340 g/mol. The van der Waals surface area contributed by atoms with Crippen molar-refractivity contribution >= 4 is 5.96 Å². The zero-order valence-corrected chi connectivity index (χ0v) is 15.1. The quantitative estimate of drug-likeness (QED) is 0.543. The molecule has 0 saturated carbocycles. The van der Waals surface area contributed by atoms with Gasteiger partial charge in [-0.15, -0.1) is 0 Å². The van der Waals surface area contributed by atoms with Gasteiger partial charge in [-0.05, 0) is 30.5 Å². The third kappa shape index (κ3) is 7.25. The van der Waals surface area contributed by atoms with E-state index in [1.807, 2.05) is 42.5 Å². The molecule has 0 radical (unpaired) electrons. The zero-order chi connectivity index (χ0) is 17.9. The SMILES string of the molecule is CC(C)CCOc1ccccc1CN=C(N)NCCc1ccccn1. The van der Waals surface area contributed by atoms with Gasteiger partial charge in [-0.1, -0.05) is 38.1 Å². The van der Waals surface area contributed by atoms with E-state index in [0.29, 0.717) is 25.0 Å². The second kappa shape index (κ2) is 10.3. The smallest absolute Gasteiger partial charge is 0.188 e. The maximum atomic E-state index is 5.95. The van der Waals surface area contributed by atoms with Crippen LogP contribution in [0.2, 0.25) is 0 Å². The Bertz CT molecular complexity index is 656. The van der Waals surface area contributed by atoms with Crippen molar-refractivity contribution in [2.24, 2.45) is 16.6 Å². The zero-order valence-electron chi connectivity index (χ0n) is 15.1. The molecule has 0 saturated heterocycles. The maximum Gasteiger partial charge on any atom is 0.188 e. The highest BCUT2D eigenvalue weighted by atomic mass is 16.5. The van der Waals surface area contributed by atoms with Gasteiger partial charge >= 0.3 is 0 Å². The number of benzene rings is 1. The number of hydrogen-bond donors (Lipinski definition) is 2. The van der Waals surface area contributed by atoms with Gasteiger partial charge in [-0.3, -0.25) is 4.98 Å². The Morgan fingerprint density at radius 3 is 2.76 bits per heavy atom. The summed E-state index contributed by atoms with van der Waals surface area (Å²) in [7, 11) is 0. The number of ether oxygens (including phenoxy) is 1. The minimum Gasteiger partial charge on any atom is -0.493 e. The van der Waals surface area contributed by atoms with E-state index < -0.39 is 0 Å². The van der Waals surface area contributed by atoms with Crippen molar-refractivity contribution in [3.8, 4) is 5.75 Å². The molecular weight excluding hydrogens is 312 g/mol. The molecule has 0 aliphatic rings. The number of hydrogen-bond acceptors (Lipinski definition) is 3. The minimum atomic E-state index is 0.438. The first kappa shape index (κ1) is 18.8. The van der Waals surface area contributed by atoms with Crippen LogP contribution in [0.5, 0.6) is 5.75 Å². The molecule has 1 aromatic heterocycles. The fourth-order valence-electron chi connectivity index (χ4n) is 2.27. The van der Waals surface area contributed by atoms with E-state index in [2.05, 4.69) is 29.1 Å². The van der Waals surface area contributed by atoms with Crippen LogP contribution in [0.15, 0.2) is 53.7 Å². The van der Waals surface area contributed by atoms with Crippen LogP contribution in [0, 0.1) is 5.92 Å². The molecule has 5 nitrogen and oxygen atoms in total. The molecule has 2 aromatic rings. The summed E-state index contributed by atoms with van der Waals surface area (Å²) >= 11 is 0. The highest BCUT2D eigenvalue weighted by Gasteiger charge is 2.03. The molecule has 2 rings (SSSR count). The van der Waals surface area contributed by atoms with E-state index in [9.17, 15) is 0 Å². The van der Waals surface area contributed by atoms with Crippen molar-refractivity contribution in [3.05, 3.63) is 59.9 Å². The Hall–Kier alpha value is -2.56. The van der Waals surface area contributed by atoms with Crippen molar-refractivity contribution in [2.45, 2.75) is 33.2 Å². The molecule has 25 heavy (non-hydrogen) atoms. The molecule has 0 bridgehead atoms. The number of guanidine groups is 1. The van der Waals surface area contributed by atoms with Gasteiger partial charge in [0, 0.05) is 30.4 Å². The maximum absolute atomic E-state index is 5.95.